The molecular formula is C15H12FNO4. The van der Waals surface area contributed by atoms with Crippen molar-refractivity contribution in [3.63, 3.8) is 0 Å². The first-order valence-corrected chi connectivity index (χ1v) is 6.11. The van der Waals surface area contributed by atoms with Crippen LogP contribution in [0.25, 0.3) is 0 Å². The minimum Gasteiger partial charge on any atom is -0.415 e. The second-order valence-electron chi connectivity index (χ2n) is 4.64. The Kier molecular flexibility index (Phi) is 3.98. The summed E-state index contributed by atoms with van der Waals surface area (Å²) >= 11 is 0. The van der Waals surface area contributed by atoms with E-state index in [2.05, 4.69) is 0 Å². The molecular weight excluding hydrogens is 277 g/mol. The van der Waals surface area contributed by atoms with Crippen molar-refractivity contribution in [1.29, 1.82) is 0 Å². The van der Waals surface area contributed by atoms with Gasteiger partial charge in [-0.1, -0.05) is 17.2 Å². The highest BCUT2D eigenvalue weighted by atomic mass is 19.1. The van der Waals surface area contributed by atoms with Gasteiger partial charge in [-0.3, -0.25) is 10.1 Å². The van der Waals surface area contributed by atoms with Gasteiger partial charge < -0.3 is 4.74 Å². The fraction of sp³-hybridized carbons (Fsp3) is 0.133. The predicted octanol–water partition coefficient (Wildman–Crippen LogP) is 3.57. The molecule has 6 heteroatoms. The van der Waals surface area contributed by atoms with E-state index in [-0.39, 0.29) is 5.56 Å². The van der Waals surface area contributed by atoms with Crippen LogP contribution >= 0.6 is 0 Å². The zero-order valence-electron chi connectivity index (χ0n) is 11.4. The molecule has 0 unspecified atom stereocenters. The number of nitrogens with zero attached hydrogens (tertiary/aromatic N) is 1. The van der Waals surface area contributed by atoms with Crippen LogP contribution in [-0.4, -0.2) is 10.9 Å². The van der Waals surface area contributed by atoms with Crippen molar-refractivity contribution in [3.05, 3.63) is 69.0 Å². The minimum atomic E-state index is -0.768. The van der Waals surface area contributed by atoms with Crippen molar-refractivity contribution in [2.75, 3.05) is 0 Å². The lowest BCUT2D eigenvalue weighted by molar-refractivity contribution is -0.385. The quantitative estimate of drug-likeness (QED) is 0.375. The Morgan fingerprint density at radius 2 is 1.76 bits per heavy atom. The van der Waals surface area contributed by atoms with Crippen LogP contribution in [0.3, 0.4) is 0 Å². The molecule has 0 radical (unpaired) electrons. The van der Waals surface area contributed by atoms with Gasteiger partial charge >= 0.3 is 11.7 Å². The number of hydrogen-bond acceptors (Lipinski definition) is 4. The molecule has 0 bridgehead atoms. The Bertz CT molecular complexity index is 707. The Balaban J connectivity index is 2.35. The van der Waals surface area contributed by atoms with E-state index in [4.69, 9.17) is 4.74 Å². The highest BCUT2D eigenvalue weighted by Crippen LogP contribution is 2.28. The SMILES string of the molecule is Cc1cc(C)cc(C(=O)Oc2cc(F)ccc2[N+](=O)[O-])c1. The topological polar surface area (TPSA) is 69.4 Å². The Hall–Kier alpha value is -2.76. The smallest absolute Gasteiger partial charge is 0.343 e. The molecule has 21 heavy (non-hydrogen) atoms. The summed E-state index contributed by atoms with van der Waals surface area (Å²) in [6.45, 7) is 3.63. The van der Waals surface area contributed by atoms with E-state index >= 15 is 0 Å². The van der Waals surface area contributed by atoms with Crippen LogP contribution in [0.1, 0.15) is 21.5 Å². The molecule has 2 aromatic carbocycles. The Morgan fingerprint density at radius 1 is 1.14 bits per heavy atom. The first-order chi connectivity index (χ1) is 9.86. The molecule has 108 valence electrons. The molecule has 0 heterocycles. The first-order valence-electron chi connectivity index (χ1n) is 6.11. The zero-order chi connectivity index (χ0) is 15.6. The molecule has 0 saturated heterocycles. The highest BCUT2D eigenvalue weighted by molar-refractivity contribution is 5.92. The fourth-order valence-electron chi connectivity index (χ4n) is 1.97. The van der Waals surface area contributed by atoms with Gasteiger partial charge in [0, 0.05) is 12.1 Å². The number of carbonyl (C=O) groups is 1. The van der Waals surface area contributed by atoms with Gasteiger partial charge in [-0.15, -0.1) is 0 Å². The molecule has 0 aliphatic heterocycles. The van der Waals surface area contributed by atoms with Gasteiger partial charge in [0.1, 0.15) is 5.82 Å². The first kappa shape index (κ1) is 14.6. The van der Waals surface area contributed by atoms with E-state index in [9.17, 15) is 19.3 Å². The molecule has 0 amide bonds. The fourth-order valence-corrected chi connectivity index (χ4v) is 1.97. The maximum absolute atomic E-state index is 13.2. The van der Waals surface area contributed by atoms with Crippen LogP contribution in [0.2, 0.25) is 0 Å². The summed E-state index contributed by atoms with van der Waals surface area (Å²) in [4.78, 5) is 22.2. The third-order valence-corrected chi connectivity index (χ3v) is 2.78. The molecule has 0 N–H and O–H groups in total. The number of carbonyl (C=O) groups excluding carboxylic acids is 1. The van der Waals surface area contributed by atoms with Crippen LogP contribution in [0.4, 0.5) is 10.1 Å². The number of nitro groups is 1. The molecule has 0 aliphatic carbocycles. The Labute approximate surface area is 120 Å². The predicted molar refractivity (Wildman–Crippen MR) is 73.9 cm³/mol. The summed E-state index contributed by atoms with van der Waals surface area (Å²) in [5, 5.41) is 10.9. The number of benzene rings is 2. The van der Waals surface area contributed by atoms with E-state index < -0.39 is 28.1 Å². The van der Waals surface area contributed by atoms with Crippen molar-refractivity contribution in [3.8, 4) is 5.75 Å². The molecule has 0 aromatic heterocycles. The third kappa shape index (κ3) is 3.42. The summed E-state index contributed by atoms with van der Waals surface area (Å²) in [6, 6.07) is 7.78. The van der Waals surface area contributed by atoms with Crippen LogP contribution < -0.4 is 4.74 Å². The van der Waals surface area contributed by atoms with Crippen LogP contribution in [0, 0.1) is 29.8 Å². The number of esters is 1. The average Bonchev–Trinajstić information content (AvgIpc) is 2.37. The van der Waals surface area contributed by atoms with Crippen LogP contribution in [0.15, 0.2) is 36.4 Å². The monoisotopic (exact) mass is 289 g/mol. The van der Waals surface area contributed by atoms with E-state index in [0.717, 1.165) is 29.3 Å². The standard InChI is InChI=1S/C15H12FNO4/c1-9-5-10(2)7-11(6-9)15(18)21-14-8-12(16)3-4-13(14)17(19)20/h3-8H,1-2H3. The molecule has 2 aromatic rings. The van der Waals surface area contributed by atoms with E-state index in [1.54, 1.807) is 12.1 Å². The molecule has 0 atom stereocenters. The summed E-state index contributed by atoms with van der Waals surface area (Å²) in [5.74, 6) is -1.90. The van der Waals surface area contributed by atoms with E-state index in [1.165, 1.54) is 0 Å². The molecule has 0 aliphatic rings. The average molecular weight is 289 g/mol. The van der Waals surface area contributed by atoms with Crippen LogP contribution in [-0.2, 0) is 0 Å². The highest BCUT2D eigenvalue weighted by Gasteiger charge is 2.20. The van der Waals surface area contributed by atoms with Gasteiger partial charge in [-0.2, -0.15) is 0 Å². The molecule has 5 nitrogen and oxygen atoms in total. The van der Waals surface area contributed by atoms with Crippen molar-refractivity contribution in [2.24, 2.45) is 0 Å². The molecule has 0 saturated carbocycles. The largest absolute Gasteiger partial charge is 0.415 e. The summed E-state index contributed by atoms with van der Waals surface area (Å²) < 4.78 is 18.1. The molecule has 0 spiro atoms. The summed E-state index contributed by atoms with van der Waals surface area (Å²) in [7, 11) is 0. The lowest BCUT2D eigenvalue weighted by atomic mass is 10.1. The second kappa shape index (κ2) is 5.70. The number of ether oxygens (including phenoxy) is 1. The van der Waals surface area contributed by atoms with E-state index in [1.807, 2.05) is 19.9 Å². The second-order valence-corrected chi connectivity index (χ2v) is 4.64. The van der Waals surface area contributed by atoms with Crippen molar-refractivity contribution >= 4 is 11.7 Å². The van der Waals surface area contributed by atoms with Crippen molar-refractivity contribution in [1.82, 2.24) is 0 Å². The van der Waals surface area contributed by atoms with Crippen molar-refractivity contribution < 1.29 is 18.8 Å². The van der Waals surface area contributed by atoms with E-state index in [0.29, 0.717) is 0 Å². The summed E-state index contributed by atoms with van der Waals surface area (Å²) in [5.41, 5.74) is 1.51. The number of hydrogen-bond donors (Lipinski definition) is 0. The number of nitro benzene ring substituents is 1. The lowest BCUT2D eigenvalue weighted by Crippen LogP contribution is -2.10. The summed E-state index contributed by atoms with van der Waals surface area (Å²) in [6.07, 6.45) is 0. The third-order valence-electron chi connectivity index (χ3n) is 2.78. The lowest BCUT2D eigenvalue weighted by Gasteiger charge is -2.07. The maximum atomic E-state index is 13.2. The number of halogens is 1. The zero-order valence-corrected chi connectivity index (χ0v) is 11.4. The minimum absolute atomic E-state index is 0.256. The molecule has 2 rings (SSSR count). The maximum Gasteiger partial charge on any atom is 0.343 e. The van der Waals surface area contributed by atoms with Gasteiger partial charge in [0.25, 0.3) is 0 Å². The van der Waals surface area contributed by atoms with Gasteiger partial charge in [-0.05, 0) is 32.0 Å². The van der Waals surface area contributed by atoms with Gasteiger partial charge in [-0.25, -0.2) is 9.18 Å². The normalized spacial score (nSPS) is 10.2. The van der Waals surface area contributed by atoms with Crippen LogP contribution in [0.5, 0.6) is 5.75 Å². The number of rotatable bonds is 3. The van der Waals surface area contributed by atoms with Crippen molar-refractivity contribution in [2.45, 2.75) is 13.8 Å². The van der Waals surface area contributed by atoms with Gasteiger partial charge in [0.05, 0.1) is 10.5 Å². The molecule has 0 fully saturated rings. The number of aryl methyl sites for hydroxylation is 2. The van der Waals surface area contributed by atoms with Gasteiger partial charge in [0.15, 0.2) is 0 Å². The van der Waals surface area contributed by atoms with Gasteiger partial charge in [0.2, 0.25) is 5.75 Å². The Morgan fingerprint density at radius 3 is 2.33 bits per heavy atom.